The minimum absolute atomic E-state index is 0.0628. The molecule has 21 heavy (non-hydrogen) atoms. The summed E-state index contributed by atoms with van der Waals surface area (Å²) in [5.41, 5.74) is -0.446. The monoisotopic (exact) mass is 414 g/mol. The van der Waals surface area contributed by atoms with Crippen molar-refractivity contribution in [1.29, 1.82) is 0 Å². The summed E-state index contributed by atoms with van der Waals surface area (Å²) >= 11 is 3.98. The summed E-state index contributed by atoms with van der Waals surface area (Å²) in [6, 6.07) is 4.04. The lowest BCUT2D eigenvalue weighted by Crippen LogP contribution is -2.18. The number of hydrogen-bond acceptors (Lipinski definition) is 5. The van der Waals surface area contributed by atoms with Gasteiger partial charge in [0.25, 0.3) is 10.0 Å². The molecule has 0 atom stereocenters. The first-order valence-corrected chi connectivity index (χ1v) is 9.89. The first-order valence-electron chi connectivity index (χ1n) is 5.19. The van der Waals surface area contributed by atoms with E-state index in [1.807, 2.05) is 4.72 Å². The number of halogens is 2. The molecule has 0 amide bonds. The van der Waals surface area contributed by atoms with Gasteiger partial charge in [0.1, 0.15) is 10.7 Å². The largest absolute Gasteiger partial charge is 0.277 e. The molecule has 1 aromatic heterocycles. The molecule has 0 spiro atoms. The fourth-order valence-corrected chi connectivity index (χ4v) is 5.64. The third-order valence-electron chi connectivity index (χ3n) is 2.32. The van der Waals surface area contributed by atoms with Crippen molar-refractivity contribution >= 4 is 53.0 Å². The Morgan fingerprint density at radius 1 is 1.19 bits per heavy atom. The molecule has 0 aliphatic carbocycles. The van der Waals surface area contributed by atoms with Crippen LogP contribution in [0.3, 0.4) is 0 Å². The van der Waals surface area contributed by atoms with Gasteiger partial charge in [-0.25, -0.2) is 26.4 Å². The lowest BCUT2D eigenvalue weighted by Gasteiger charge is -2.11. The minimum atomic E-state index is -4.20. The van der Waals surface area contributed by atoms with E-state index in [-0.39, 0.29) is 4.21 Å². The van der Waals surface area contributed by atoms with Gasteiger partial charge in [0.15, 0.2) is 4.21 Å². The van der Waals surface area contributed by atoms with E-state index < -0.39 is 36.4 Å². The number of nitrogens with one attached hydrogen (secondary N) is 1. The normalized spacial score (nSPS) is 12.3. The Kier molecular flexibility index (Phi) is 4.40. The highest BCUT2D eigenvalue weighted by Crippen LogP contribution is 2.31. The zero-order valence-corrected chi connectivity index (χ0v) is 14.1. The number of nitrogens with two attached hydrogens (primary N) is 1. The van der Waals surface area contributed by atoms with Crippen molar-refractivity contribution in [3.8, 4) is 0 Å². The third-order valence-corrected chi connectivity index (χ3v) is 7.33. The number of thiophene rings is 1. The lowest BCUT2D eigenvalue weighted by molar-refractivity contribution is 0.597. The molecule has 2 aromatic rings. The second-order valence-electron chi connectivity index (χ2n) is 3.85. The summed E-state index contributed by atoms with van der Waals surface area (Å²) in [6.07, 6.45) is 0. The Labute approximate surface area is 133 Å². The first kappa shape index (κ1) is 16.4. The Morgan fingerprint density at radius 2 is 1.86 bits per heavy atom. The number of sulfonamides is 2. The predicted molar refractivity (Wildman–Crippen MR) is 80.6 cm³/mol. The molecule has 11 heteroatoms. The topological polar surface area (TPSA) is 106 Å². The van der Waals surface area contributed by atoms with Crippen LogP contribution in [0.4, 0.5) is 10.1 Å². The second kappa shape index (κ2) is 5.65. The smallest absolute Gasteiger partial charge is 0.272 e. The molecule has 6 nitrogen and oxygen atoms in total. The van der Waals surface area contributed by atoms with Gasteiger partial charge in [0.05, 0.1) is 5.69 Å². The fraction of sp³-hybridized carbons (Fsp3) is 0. The third kappa shape index (κ3) is 3.61. The van der Waals surface area contributed by atoms with Crippen LogP contribution in [0.1, 0.15) is 0 Å². The highest BCUT2D eigenvalue weighted by atomic mass is 79.9. The molecule has 0 aliphatic heterocycles. The van der Waals surface area contributed by atoms with E-state index in [2.05, 4.69) is 15.9 Å². The zero-order valence-electron chi connectivity index (χ0n) is 10.1. The quantitative estimate of drug-likeness (QED) is 0.798. The van der Waals surface area contributed by atoms with Gasteiger partial charge in [-0.2, -0.15) is 0 Å². The van der Waals surface area contributed by atoms with Crippen LogP contribution in [-0.4, -0.2) is 16.8 Å². The summed E-state index contributed by atoms with van der Waals surface area (Å²) in [4.78, 5) is -0.514. The molecule has 0 aliphatic rings. The molecule has 3 N–H and O–H groups in total. The molecule has 114 valence electrons. The zero-order chi connectivity index (χ0) is 15.8. The van der Waals surface area contributed by atoms with Gasteiger partial charge in [-0.05, 0) is 45.6 Å². The van der Waals surface area contributed by atoms with E-state index >= 15 is 0 Å². The number of benzene rings is 1. The predicted octanol–water partition coefficient (Wildman–Crippen LogP) is 2.10. The number of primary sulfonamides is 1. The summed E-state index contributed by atoms with van der Waals surface area (Å²) in [6.45, 7) is 0. The summed E-state index contributed by atoms with van der Waals surface area (Å²) in [5.74, 6) is -0.801. The van der Waals surface area contributed by atoms with Crippen LogP contribution in [0.25, 0.3) is 0 Å². The van der Waals surface area contributed by atoms with Crippen molar-refractivity contribution in [2.24, 2.45) is 5.14 Å². The van der Waals surface area contributed by atoms with E-state index in [1.165, 1.54) is 11.4 Å². The molecule has 0 radical (unpaired) electrons. The summed E-state index contributed by atoms with van der Waals surface area (Å²) in [7, 11) is -8.27. The Hall–Kier alpha value is -1.01. The van der Waals surface area contributed by atoms with Crippen LogP contribution >= 0.6 is 27.3 Å². The van der Waals surface area contributed by atoms with Crippen molar-refractivity contribution in [3.63, 3.8) is 0 Å². The molecule has 1 aromatic carbocycles. The van der Waals surface area contributed by atoms with Crippen molar-refractivity contribution in [3.05, 3.63) is 39.9 Å². The number of rotatable bonds is 4. The van der Waals surface area contributed by atoms with Crippen LogP contribution in [0.5, 0.6) is 0 Å². The van der Waals surface area contributed by atoms with Gasteiger partial charge in [0, 0.05) is 4.47 Å². The summed E-state index contributed by atoms with van der Waals surface area (Å²) < 4.78 is 62.7. The van der Waals surface area contributed by atoms with Gasteiger partial charge in [-0.1, -0.05) is 0 Å². The SMILES string of the molecule is NS(=O)(=O)c1ccc(F)cc1NS(=O)(=O)c1sccc1Br. The average molecular weight is 415 g/mol. The molecule has 1 heterocycles. The van der Waals surface area contributed by atoms with Gasteiger partial charge in [-0.3, -0.25) is 4.72 Å². The highest BCUT2D eigenvalue weighted by molar-refractivity contribution is 9.10. The molecule has 2 rings (SSSR count). The lowest BCUT2D eigenvalue weighted by atomic mass is 10.3. The van der Waals surface area contributed by atoms with Gasteiger partial charge in [-0.15, -0.1) is 11.3 Å². The maximum Gasteiger partial charge on any atom is 0.272 e. The van der Waals surface area contributed by atoms with E-state index in [9.17, 15) is 21.2 Å². The first-order chi connectivity index (χ1) is 9.61. The number of anilines is 1. The van der Waals surface area contributed by atoms with Crippen molar-refractivity contribution in [2.75, 3.05) is 4.72 Å². The van der Waals surface area contributed by atoms with Crippen LogP contribution in [0.2, 0.25) is 0 Å². The maximum absolute atomic E-state index is 13.3. The van der Waals surface area contributed by atoms with E-state index in [1.54, 1.807) is 0 Å². The average Bonchev–Trinajstić information content (AvgIpc) is 2.74. The van der Waals surface area contributed by atoms with E-state index in [0.29, 0.717) is 4.47 Å². The molecular weight excluding hydrogens is 407 g/mol. The van der Waals surface area contributed by atoms with Crippen LogP contribution in [0.15, 0.2) is 43.2 Å². The molecule has 0 saturated carbocycles. The summed E-state index contributed by atoms with van der Waals surface area (Å²) in [5, 5.41) is 6.52. The minimum Gasteiger partial charge on any atom is -0.277 e. The van der Waals surface area contributed by atoms with Crippen molar-refractivity contribution < 1.29 is 21.2 Å². The molecule has 0 saturated heterocycles. The standard InChI is InChI=1S/C10H8BrFN2O4S3/c11-7-3-4-19-10(7)21(17,18)14-8-5-6(12)1-2-9(8)20(13,15)16/h1-5,14H,(H2,13,15,16). The Balaban J connectivity index is 2.54. The maximum atomic E-state index is 13.3. The number of hydrogen-bond donors (Lipinski definition) is 2. The van der Waals surface area contributed by atoms with Crippen molar-refractivity contribution in [1.82, 2.24) is 0 Å². The van der Waals surface area contributed by atoms with Gasteiger partial charge < -0.3 is 0 Å². The molecule has 0 unspecified atom stereocenters. The molecular formula is C10H8BrFN2O4S3. The Morgan fingerprint density at radius 3 is 2.38 bits per heavy atom. The van der Waals surface area contributed by atoms with Crippen molar-refractivity contribution in [2.45, 2.75) is 9.10 Å². The van der Waals surface area contributed by atoms with Gasteiger partial charge in [0.2, 0.25) is 10.0 Å². The second-order valence-corrected chi connectivity index (χ2v) is 9.02. The highest BCUT2D eigenvalue weighted by Gasteiger charge is 2.23. The fourth-order valence-electron chi connectivity index (χ4n) is 1.49. The molecule has 0 bridgehead atoms. The molecule has 0 fully saturated rings. The van der Waals surface area contributed by atoms with Crippen LogP contribution in [-0.2, 0) is 20.0 Å². The van der Waals surface area contributed by atoms with Gasteiger partial charge >= 0.3 is 0 Å². The Bertz CT molecular complexity index is 893. The van der Waals surface area contributed by atoms with Crippen LogP contribution < -0.4 is 9.86 Å². The van der Waals surface area contributed by atoms with Crippen LogP contribution in [0, 0.1) is 5.82 Å². The van der Waals surface area contributed by atoms with E-state index in [0.717, 1.165) is 29.5 Å². The van der Waals surface area contributed by atoms with E-state index in [4.69, 9.17) is 5.14 Å².